The molecule has 20 heavy (non-hydrogen) atoms. The van der Waals surface area contributed by atoms with Gasteiger partial charge < -0.3 is 10.2 Å². The summed E-state index contributed by atoms with van der Waals surface area (Å²) in [5, 5.41) is 3.76. The highest BCUT2D eigenvalue weighted by molar-refractivity contribution is 6.30. The zero-order valence-electron chi connectivity index (χ0n) is 11.7. The molecule has 1 N–H and O–H groups in total. The summed E-state index contributed by atoms with van der Waals surface area (Å²) in [4.78, 5) is 2.11. The minimum absolute atomic E-state index is 0.309. The predicted octanol–water partition coefficient (Wildman–Crippen LogP) is 4.15. The number of nitrogens with zero attached hydrogens (tertiary/aromatic N) is 1. The van der Waals surface area contributed by atoms with Crippen molar-refractivity contribution in [2.24, 2.45) is 0 Å². The Hall–Kier alpha value is -1.58. The Labute approximate surface area is 124 Å². The number of benzene rings is 2. The van der Waals surface area contributed by atoms with Crippen LogP contribution in [0.4, 0.5) is 10.1 Å². The summed E-state index contributed by atoms with van der Waals surface area (Å²) in [5.74, 6) is -0.309. The van der Waals surface area contributed by atoms with Crippen molar-refractivity contribution in [3.63, 3.8) is 0 Å². The fraction of sp³-hybridized carbons (Fsp3) is 0.250. The van der Waals surface area contributed by atoms with Crippen LogP contribution < -0.4 is 5.32 Å². The van der Waals surface area contributed by atoms with Crippen LogP contribution in [0.2, 0.25) is 5.02 Å². The van der Waals surface area contributed by atoms with E-state index in [0.717, 1.165) is 17.8 Å². The van der Waals surface area contributed by atoms with Gasteiger partial charge in [0.2, 0.25) is 0 Å². The van der Waals surface area contributed by atoms with Crippen LogP contribution in [0.25, 0.3) is 0 Å². The average Bonchev–Trinajstić information content (AvgIpc) is 2.36. The van der Waals surface area contributed by atoms with Gasteiger partial charge in [0.15, 0.2) is 0 Å². The molecule has 0 amide bonds. The van der Waals surface area contributed by atoms with Gasteiger partial charge in [0.05, 0.1) is 0 Å². The zero-order valence-corrected chi connectivity index (χ0v) is 12.4. The maximum Gasteiger partial charge on any atom is 0.125 e. The number of nitrogens with one attached hydrogen (secondary N) is 1. The second-order valence-corrected chi connectivity index (χ2v) is 5.46. The van der Waals surface area contributed by atoms with Gasteiger partial charge in [0.1, 0.15) is 5.82 Å². The quantitative estimate of drug-likeness (QED) is 0.890. The van der Waals surface area contributed by atoms with E-state index in [1.807, 2.05) is 32.3 Å². The van der Waals surface area contributed by atoms with Crippen molar-refractivity contribution < 1.29 is 4.39 Å². The number of hydrogen-bond donors (Lipinski definition) is 1. The molecule has 0 aliphatic carbocycles. The van der Waals surface area contributed by atoms with E-state index >= 15 is 0 Å². The van der Waals surface area contributed by atoms with E-state index in [4.69, 9.17) is 11.6 Å². The fourth-order valence-electron chi connectivity index (χ4n) is 2.08. The van der Waals surface area contributed by atoms with Gasteiger partial charge in [-0.1, -0.05) is 29.8 Å². The number of para-hydroxylation sites is 1. The minimum Gasteiger partial charge on any atom is -0.381 e. The predicted molar refractivity (Wildman–Crippen MR) is 82.6 cm³/mol. The molecule has 0 aliphatic heterocycles. The van der Waals surface area contributed by atoms with Crippen molar-refractivity contribution in [1.29, 1.82) is 0 Å². The normalized spacial score (nSPS) is 10.8. The summed E-state index contributed by atoms with van der Waals surface area (Å²) >= 11 is 5.86. The number of rotatable bonds is 5. The third-order valence-electron chi connectivity index (χ3n) is 2.91. The van der Waals surface area contributed by atoms with Crippen LogP contribution in [0.15, 0.2) is 42.5 Å². The molecule has 0 spiro atoms. The summed E-state index contributed by atoms with van der Waals surface area (Å²) in [5.41, 5.74) is 3.09. The van der Waals surface area contributed by atoms with E-state index in [0.29, 0.717) is 11.6 Å². The van der Waals surface area contributed by atoms with Gasteiger partial charge in [-0.15, -0.1) is 0 Å². The number of anilines is 1. The first-order valence-corrected chi connectivity index (χ1v) is 6.84. The van der Waals surface area contributed by atoms with Gasteiger partial charge in [0.25, 0.3) is 0 Å². The Morgan fingerprint density at radius 1 is 1.15 bits per heavy atom. The minimum atomic E-state index is -0.309. The molecule has 0 aromatic heterocycles. The molecule has 0 saturated heterocycles. The summed E-state index contributed by atoms with van der Waals surface area (Å²) in [7, 11) is 4.06. The van der Waals surface area contributed by atoms with Gasteiger partial charge in [0, 0.05) is 23.8 Å². The third-order valence-corrected chi connectivity index (χ3v) is 3.13. The highest BCUT2D eigenvalue weighted by Crippen LogP contribution is 2.19. The van der Waals surface area contributed by atoms with Crippen LogP contribution >= 0.6 is 11.6 Å². The van der Waals surface area contributed by atoms with E-state index in [9.17, 15) is 4.39 Å². The summed E-state index contributed by atoms with van der Waals surface area (Å²) in [6.07, 6.45) is 0. The second kappa shape index (κ2) is 6.73. The molecule has 0 atom stereocenters. The van der Waals surface area contributed by atoms with Gasteiger partial charge in [-0.2, -0.15) is 0 Å². The van der Waals surface area contributed by atoms with Gasteiger partial charge >= 0.3 is 0 Å². The van der Waals surface area contributed by atoms with Gasteiger partial charge in [-0.3, -0.25) is 0 Å². The largest absolute Gasteiger partial charge is 0.381 e. The monoisotopic (exact) mass is 292 g/mol. The van der Waals surface area contributed by atoms with E-state index in [1.54, 1.807) is 6.07 Å². The Bertz CT molecular complexity index is 564. The molecule has 2 aromatic rings. The van der Waals surface area contributed by atoms with Crippen LogP contribution in [0.1, 0.15) is 11.1 Å². The SMILES string of the molecule is CN(C)Cc1ccccc1NCc1cc(F)cc(Cl)c1. The molecule has 4 heteroatoms. The fourth-order valence-corrected chi connectivity index (χ4v) is 2.33. The highest BCUT2D eigenvalue weighted by Gasteiger charge is 2.04. The second-order valence-electron chi connectivity index (χ2n) is 5.03. The van der Waals surface area contributed by atoms with E-state index < -0.39 is 0 Å². The van der Waals surface area contributed by atoms with E-state index in [2.05, 4.69) is 16.3 Å². The van der Waals surface area contributed by atoms with Crippen molar-refractivity contribution in [1.82, 2.24) is 4.90 Å². The standard InChI is InChI=1S/C16H18ClFN2/c1-20(2)11-13-5-3-4-6-16(13)19-10-12-7-14(17)9-15(18)8-12/h3-9,19H,10-11H2,1-2H3. The van der Waals surface area contributed by atoms with Gasteiger partial charge in [-0.25, -0.2) is 4.39 Å². The molecule has 0 heterocycles. The van der Waals surface area contributed by atoms with Crippen molar-refractivity contribution in [2.75, 3.05) is 19.4 Å². The molecule has 2 rings (SSSR count). The van der Waals surface area contributed by atoms with Crippen LogP contribution in [-0.2, 0) is 13.1 Å². The smallest absolute Gasteiger partial charge is 0.125 e. The first-order valence-electron chi connectivity index (χ1n) is 6.46. The first-order chi connectivity index (χ1) is 9.54. The molecule has 0 unspecified atom stereocenters. The lowest BCUT2D eigenvalue weighted by molar-refractivity contribution is 0.403. The molecule has 0 radical (unpaired) electrons. The zero-order chi connectivity index (χ0) is 14.5. The Kier molecular flexibility index (Phi) is 4.99. The molecule has 0 bridgehead atoms. The molecule has 0 fully saturated rings. The van der Waals surface area contributed by atoms with E-state index in [-0.39, 0.29) is 5.82 Å². The van der Waals surface area contributed by atoms with Crippen LogP contribution in [0.5, 0.6) is 0 Å². The Morgan fingerprint density at radius 3 is 2.60 bits per heavy atom. The highest BCUT2D eigenvalue weighted by atomic mass is 35.5. The van der Waals surface area contributed by atoms with Crippen molar-refractivity contribution in [3.05, 3.63) is 64.4 Å². The number of halogens is 2. The Morgan fingerprint density at radius 2 is 1.90 bits per heavy atom. The third kappa shape index (κ3) is 4.22. The van der Waals surface area contributed by atoms with Crippen molar-refractivity contribution >= 4 is 17.3 Å². The summed E-state index contributed by atoms with van der Waals surface area (Å²) in [6, 6.07) is 12.7. The molecular weight excluding hydrogens is 275 g/mol. The lowest BCUT2D eigenvalue weighted by Crippen LogP contribution is -2.12. The van der Waals surface area contributed by atoms with Gasteiger partial charge in [-0.05, 0) is 49.5 Å². The summed E-state index contributed by atoms with van der Waals surface area (Å²) < 4.78 is 13.3. The molecular formula is C16H18ClFN2. The van der Waals surface area contributed by atoms with Crippen LogP contribution in [-0.4, -0.2) is 19.0 Å². The van der Waals surface area contributed by atoms with Crippen LogP contribution in [0.3, 0.4) is 0 Å². The topological polar surface area (TPSA) is 15.3 Å². The molecule has 0 aliphatic rings. The molecule has 2 nitrogen and oxygen atoms in total. The maximum absolute atomic E-state index is 13.3. The maximum atomic E-state index is 13.3. The molecule has 0 saturated carbocycles. The van der Waals surface area contributed by atoms with Crippen LogP contribution in [0, 0.1) is 5.82 Å². The van der Waals surface area contributed by atoms with Crippen molar-refractivity contribution in [2.45, 2.75) is 13.1 Å². The lowest BCUT2D eigenvalue weighted by atomic mass is 10.1. The molecule has 2 aromatic carbocycles. The summed E-state index contributed by atoms with van der Waals surface area (Å²) in [6.45, 7) is 1.40. The Balaban J connectivity index is 2.10. The average molecular weight is 293 g/mol. The van der Waals surface area contributed by atoms with Crippen molar-refractivity contribution in [3.8, 4) is 0 Å². The van der Waals surface area contributed by atoms with E-state index in [1.165, 1.54) is 17.7 Å². The number of hydrogen-bond acceptors (Lipinski definition) is 2. The lowest BCUT2D eigenvalue weighted by Gasteiger charge is -2.15. The molecule has 106 valence electrons. The first kappa shape index (κ1) is 14.8.